The van der Waals surface area contributed by atoms with Gasteiger partial charge < -0.3 is 29.3 Å². The van der Waals surface area contributed by atoms with E-state index in [0.29, 0.717) is 29.6 Å². The maximum atomic E-state index is 14.5. The molecule has 0 amide bonds. The molecule has 7 nitrogen and oxygen atoms in total. The van der Waals surface area contributed by atoms with E-state index in [-0.39, 0.29) is 54.6 Å². The summed E-state index contributed by atoms with van der Waals surface area (Å²) in [5.41, 5.74) is 3.63. The number of hydrogen-bond donors (Lipinski definition) is 2. The third-order valence-corrected chi connectivity index (χ3v) is 12.5. The molecule has 0 bridgehead atoms. The fraction of sp³-hybridized carbons (Fsp3) is 0.575. The summed E-state index contributed by atoms with van der Waals surface area (Å²) in [5, 5.41) is 24.7. The van der Waals surface area contributed by atoms with E-state index >= 15 is 0 Å². The van der Waals surface area contributed by atoms with Crippen molar-refractivity contribution in [1.29, 1.82) is 0 Å². The minimum atomic E-state index is -0.960. The zero-order valence-corrected chi connectivity index (χ0v) is 29.6. The summed E-state index contributed by atoms with van der Waals surface area (Å²) in [6, 6.07) is 12.7. The number of hydrogen-bond acceptors (Lipinski definition) is 8. The van der Waals surface area contributed by atoms with Gasteiger partial charge in [0.15, 0.2) is 0 Å². The molecule has 2 N–H and O–H groups in total. The van der Waals surface area contributed by atoms with Gasteiger partial charge in [-0.1, -0.05) is 61.2 Å². The molecule has 6 atom stereocenters. The Morgan fingerprint density at radius 3 is 2.57 bits per heavy atom. The number of benzene rings is 2. The van der Waals surface area contributed by atoms with Crippen LogP contribution in [0.1, 0.15) is 87.7 Å². The molecule has 3 aliphatic carbocycles. The molecule has 2 aromatic rings. The van der Waals surface area contributed by atoms with Gasteiger partial charge in [0.1, 0.15) is 31.0 Å². The molecule has 266 valence electrons. The van der Waals surface area contributed by atoms with Crippen LogP contribution in [0.25, 0.3) is 0 Å². The molecule has 2 saturated carbocycles. The molecule has 1 heterocycles. The van der Waals surface area contributed by atoms with E-state index in [1.54, 1.807) is 25.3 Å². The van der Waals surface area contributed by atoms with Gasteiger partial charge in [0.05, 0.1) is 23.5 Å². The molecule has 6 rings (SSSR count). The molecule has 0 aromatic heterocycles. The Kier molecular flexibility index (Phi) is 12.4. The van der Waals surface area contributed by atoms with E-state index in [0.717, 1.165) is 61.1 Å². The van der Waals surface area contributed by atoms with E-state index < -0.39 is 5.79 Å². The number of halogens is 1. The van der Waals surface area contributed by atoms with Crippen molar-refractivity contribution < 1.29 is 33.7 Å². The van der Waals surface area contributed by atoms with Gasteiger partial charge in [0.25, 0.3) is 0 Å². The normalized spacial score (nSPS) is 28.4. The highest BCUT2D eigenvalue weighted by molar-refractivity contribution is 8.00. The molecule has 9 heteroatoms. The van der Waals surface area contributed by atoms with Crippen molar-refractivity contribution in [3.8, 4) is 11.5 Å². The molecule has 0 unspecified atom stereocenters. The Morgan fingerprint density at radius 2 is 1.84 bits per heavy atom. The van der Waals surface area contributed by atoms with Gasteiger partial charge in [-0.15, -0.1) is 18.3 Å². The predicted octanol–water partition coefficient (Wildman–Crippen LogP) is 8.34. The smallest absolute Gasteiger partial charge is 0.230 e. The van der Waals surface area contributed by atoms with Crippen molar-refractivity contribution in [2.45, 2.75) is 99.4 Å². The van der Waals surface area contributed by atoms with Crippen molar-refractivity contribution in [3.63, 3.8) is 0 Å². The second-order valence-corrected chi connectivity index (χ2v) is 15.4. The van der Waals surface area contributed by atoms with Gasteiger partial charge >= 0.3 is 0 Å². The van der Waals surface area contributed by atoms with Crippen LogP contribution in [0.4, 0.5) is 4.39 Å². The maximum Gasteiger partial charge on any atom is 0.230 e. The van der Waals surface area contributed by atoms with Crippen molar-refractivity contribution in [2.24, 2.45) is 22.9 Å². The summed E-state index contributed by atoms with van der Waals surface area (Å²) >= 11 is 1.99. The van der Waals surface area contributed by atoms with Crippen LogP contribution < -0.4 is 9.47 Å². The third kappa shape index (κ3) is 7.75. The predicted molar refractivity (Wildman–Crippen MR) is 193 cm³/mol. The summed E-state index contributed by atoms with van der Waals surface area (Å²) in [4.78, 5) is 5.53. The van der Waals surface area contributed by atoms with E-state index in [1.165, 1.54) is 31.7 Å². The fourth-order valence-corrected chi connectivity index (χ4v) is 10.5. The third-order valence-electron chi connectivity index (χ3n) is 10.8. The Labute approximate surface area is 294 Å². The fourth-order valence-electron chi connectivity index (χ4n) is 8.68. The minimum absolute atomic E-state index is 0.00238. The first-order chi connectivity index (χ1) is 24.0. The summed E-state index contributed by atoms with van der Waals surface area (Å²) < 4.78 is 35.0. The number of rotatable bonds is 17. The van der Waals surface area contributed by atoms with Crippen molar-refractivity contribution in [3.05, 3.63) is 83.7 Å². The number of nitrogens with zero attached hydrogens (tertiary/aromatic N) is 1. The zero-order valence-electron chi connectivity index (χ0n) is 28.7. The van der Waals surface area contributed by atoms with Crippen molar-refractivity contribution in [1.82, 2.24) is 0 Å². The van der Waals surface area contributed by atoms with Crippen LogP contribution in [0.2, 0.25) is 0 Å². The number of aliphatic hydroxyl groups excluding tert-OH is 2. The van der Waals surface area contributed by atoms with Gasteiger partial charge in [-0.05, 0) is 80.2 Å². The number of allylic oxidation sites excluding steroid dienone is 1. The van der Waals surface area contributed by atoms with Crippen molar-refractivity contribution in [2.75, 3.05) is 26.9 Å². The SMILES string of the molecule is C=CCO[C@@]12Oc3ccc(OCc4ccccc4F)cc3[C@H]3[C@H](CCCCO)[C@@H](CCCCO)C=C(C(=NOC)C[C@@H]1SC1CCCC1)[C@H]32. The number of fused-ring (bicyclic) bond motifs is 2. The van der Waals surface area contributed by atoms with Gasteiger partial charge in [-0.2, -0.15) is 0 Å². The van der Waals surface area contributed by atoms with Crippen LogP contribution in [0.15, 0.2) is 71.9 Å². The molecule has 2 aromatic carbocycles. The Bertz CT molecular complexity index is 1480. The lowest BCUT2D eigenvalue weighted by molar-refractivity contribution is -0.223. The first-order valence-corrected chi connectivity index (χ1v) is 19.1. The molecule has 2 fully saturated rings. The number of oxime groups is 1. The lowest BCUT2D eigenvalue weighted by Gasteiger charge is -2.58. The lowest BCUT2D eigenvalue weighted by atomic mass is 9.56. The summed E-state index contributed by atoms with van der Waals surface area (Å²) in [6.07, 6.45) is 14.9. The largest absolute Gasteiger partial charge is 0.489 e. The average molecular weight is 694 g/mol. The summed E-state index contributed by atoms with van der Waals surface area (Å²) in [7, 11) is 1.62. The second kappa shape index (κ2) is 16.9. The molecular weight excluding hydrogens is 642 g/mol. The zero-order chi connectivity index (χ0) is 34.2. The standard InChI is InChI=1S/C40H52FNO6S/c1-3-22-47-40-37(49-30-14-5-6-15-30)25-35(42-45-2)32-23-27(12-8-10-20-43)31(16-9-11-21-44)38(39(32)40)33-24-29(18-19-36(33)48-40)46-26-28-13-4-7-17-34(28)41/h3-4,7,13,17-19,23-24,27,30-31,37-39,43-44H,1,5-6,8-12,14-16,20-22,25-26H2,2H3/t27-,31+,37-,38+,39+,40+/m0/s1. The maximum absolute atomic E-state index is 14.5. The molecular formula is C40H52FNO6S. The van der Waals surface area contributed by atoms with E-state index in [1.807, 2.05) is 30.0 Å². The highest BCUT2D eigenvalue weighted by Gasteiger charge is 2.64. The number of unbranched alkanes of at least 4 members (excludes halogenated alkanes) is 2. The monoisotopic (exact) mass is 693 g/mol. The first kappa shape index (κ1) is 36.0. The van der Waals surface area contributed by atoms with E-state index in [4.69, 9.17) is 19.0 Å². The Morgan fingerprint density at radius 1 is 1.06 bits per heavy atom. The van der Waals surface area contributed by atoms with Crippen LogP contribution in [0.5, 0.6) is 11.5 Å². The number of thioether (sulfide) groups is 1. The number of ether oxygens (including phenoxy) is 3. The van der Waals surface area contributed by atoms with Crippen LogP contribution >= 0.6 is 11.8 Å². The first-order valence-electron chi connectivity index (χ1n) is 18.2. The highest BCUT2D eigenvalue weighted by atomic mass is 32.2. The minimum Gasteiger partial charge on any atom is -0.489 e. The molecule has 1 aliphatic heterocycles. The number of aliphatic hydroxyl groups is 2. The molecule has 49 heavy (non-hydrogen) atoms. The van der Waals surface area contributed by atoms with Crippen molar-refractivity contribution >= 4 is 17.5 Å². The van der Waals surface area contributed by atoms with Crippen LogP contribution in [-0.4, -0.2) is 59.1 Å². The quantitative estimate of drug-likeness (QED) is 0.0978. The van der Waals surface area contributed by atoms with Gasteiger partial charge in [0.2, 0.25) is 5.79 Å². The lowest BCUT2D eigenvalue weighted by Crippen LogP contribution is -2.64. The second-order valence-electron chi connectivity index (χ2n) is 13.9. The highest BCUT2D eigenvalue weighted by Crippen LogP contribution is 2.63. The van der Waals surface area contributed by atoms with E-state index in [2.05, 4.69) is 23.9 Å². The van der Waals surface area contributed by atoms with Gasteiger partial charge in [0, 0.05) is 41.9 Å². The van der Waals surface area contributed by atoms with Crippen LogP contribution in [-0.2, 0) is 16.2 Å². The van der Waals surface area contributed by atoms with Gasteiger partial charge in [-0.3, -0.25) is 0 Å². The van der Waals surface area contributed by atoms with E-state index in [9.17, 15) is 14.6 Å². The summed E-state index contributed by atoms with van der Waals surface area (Å²) in [6.45, 7) is 4.81. The molecule has 4 aliphatic rings. The summed E-state index contributed by atoms with van der Waals surface area (Å²) in [5.74, 6) is 0.457. The Balaban J connectivity index is 1.49. The van der Waals surface area contributed by atoms with Crippen LogP contribution in [0, 0.1) is 23.6 Å². The average Bonchev–Trinajstić information content (AvgIpc) is 3.63. The topological polar surface area (TPSA) is 89.7 Å². The molecule has 0 spiro atoms. The Hall–Kier alpha value is -2.85. The molecule has 0 radical (unpaired) electrons. The van der Waals surface area contributed by atoms with Gasteiger partial charge in [-0.25, -0.2) is 4.39 Å². The van der Waals surface area contributed by atoms with Crippen LogP contribution in [0.3, 0.4) is 0 Å². The molecule has 0 saturated heterocycles.